The molecule has 22 heavy (non-hydrogen) atoms. The van der Waals surface area contributed by atoms with Crippen LogP contribution in [0.15, 0.2) is 36.4 Å². The molecule has 0 atom stereocenters. The summed E-state index contributed by atoms with van der Waals surface area (Å²) in [5, 5.41) is 10.8. The maximum atomic E-state index is 11.2. The molecule has 0 spiro atoms. The molecule has 0 unspecified atom stereocenters. The molecule has 0 fully saturated rings. The zero-order chi connectivity index (χ0) is 15.7. The van der Waals surface area contributed by atoms with Crippen LogP contribution in [0.2, 0.25) is 0 Å². The van der Waals surface area contributed by atoms with Crippen molar-refractivity contribution < 1.29 is 8.42 Å². The molecule has 0 aliphatic rings. The van der Waals surface area contributed by atoms with Crippen molar-refractivity contribution in [2.75, 3.05) is 11.0 Å². The van der Waals surface area contributed by atoms with E-state index in [1.165, 1.54) is 0 Å². The van der Waals surface area contributed by atoms with E-state index in [1.807, 2.05) is 31.2 Å². The minimum Gasteiger partial charge on any atom is -0.284 e. The normalized spacial score (nSPS) is 11.5. The molecule has 0 amide bonds. The van der Waals surface area contributed by atoms with Gasteiger partial charge in [-0.15, -0.1) is 11.3 Å². The van der Waals surface area contributed by atoms with Gasteiger partial charge in [-0.25, -0.2) is 8.42 Å². The van der Waals surface area contributed by atoms with Crippen LogP contribution in [0.4, 0.5) is 5.69 Å². The van der Waals surface area contributed by atoms with Gasteiger partial charge in [0.25, 0.3) is 0 Å². The van der Waals surface area contributed by atoms with E-state index in [4.69, 9.17) is 0 Å². The Balaban J connectivity index is 1.86. The lowest BCUT2D eigenvalue weighted by molar-refractivity contribution is 0.607. The molecule has 0 radical (unpaired) electrons. The van der Waals surface area contributed by atoms with Crippen molar-refractivity contribution in [2.45, 2.75) is 6.92 Å². The van der Waals surface area contributed by atoms with E-state index in [2.05, 4.69) is 20.1 Å². The Labute approximate surface area is 132 Å². The molecule has 1 aromatic carbocycles. The van der Waals surface area contributed by atoms with Crippen LogP contribution in [-0.2, 0) is 10.0 Å². The molecule has 0 saturated carbocycles. The number of aryl methyl sites for hydroxylation is 1. The van der Waals surface area contributed by atoms with Gasteiger partial charge in [-0.1, -0.05) is 12.1 Å². The first-order valence-corrected chi connectivity index (χ1v) is 9.19. The molecule has 2 heterocycles. The minimum absolute atomic E-state index is 0.551. The highest BCUT2D eigenvalue weighted by atomic mass is 32.2. The molecule has 0 aliphatic heterocycles. The Morgan fingerprint density at radius 3 is 2.32 bits per heavy atom. The molecular formula is C14H14N4O2S2. The summed E-state index contributed by atoms with van der Waals surface area (Å²) in [5.74, 6) is 0. The topological polar surface area (TPSA) is 87.7 Å². The fourth-order valence-electron chi connectivity index (χ4n) is 2.05. The molecule has 3 rings (SSSR count). The molecule has 2 N–H and O–H groups in total. The fourth-order valence-corrected chi connectivity index (χ4v) is 3.67. The standard InChI is InChI=1S/C14H14N4O2S2/c1-9-14(16-18-15-9)13-8-7-12(21-13)10-3-5-11(6-4-10)17-22(2,19)20/h3-8,17H,1-2H3,(H,15,16,18). The maximum Gasteiger partial charge on any atom is 0.229 e. The van der Waals surface area contributed by atoms with Crippen molar-refractivity contribution in [3.05, 3.63) is 42.1 Å². The summed E-state index contributed by atoms with van der Waals surface area (Å²) in [5.41, 5.74) is 3.29. The number of aromatic nitrogens is 3. The van der Waals surface area contributed by atoms with Crippen molar-refractivity contribution in [1.82, 2.24) is 15.4 Å². The number of thiophene rings is 1. The Morgan fingerprint density at radius 2 is 1.73 bits per heavy atom. The van der Waals surface area contributed by atoms with Crippen molar-refractivity contribution in [3.8, 4) is 21.0 Å². The van der Waals surface area contributed by atoms with E-state index in [0.717, 1.165) is 33.0 Å². The third-order valence-corrected chi connectivity index (χ3v) is 4.78. The second kappa shape index (κ2) is 5.54. The summed E-state index contributed by atoms with van der Waals surface area (Å²) in [6.07, 6.45) is 1.13. The molecule has 8 heteroatoms. The Kier molecular flexibility index (Phi) is 3.71. The van der Waals surface area contributed by atoms with E-state index >= 15 is 0 Å². The summed E-state index contributed by atoms with van der Waals surface area (Å²) in [6, 6.07) is 11.3. The lowest BCUT2D eigenvalue weighted by Crippen LogP contribution is -2.09. The molecule has 114 valence electrons. The third-order valence-electron chi connectivity index (χ3n) is 3.03. The molecule has 3 aromatic rings. The van der Waals surface area contributed by atoms with Crippen molar-refractivity contribution in [2.24, 2.45) is 0 Å². The number of nitrogens with one attached hydrogen (secondary N) is 2. The molecular weight excluding hydrogens is 320 g/mol. The third kappa shape index (κ3) is 3.18. The summed E-state index contributed by atoms with van der Waals surface area (Å²) < 4.78 is 24.8. The summed E-state index contributed by atoms with van der Waals surface area (Å²) in [4.78, 5) is 2.13. The zero-order valence-corrected chi connectivity index (χ0v) is 13.6. The number of H-pyrrole nitrogens is 1. The van der Waals surface area contributed by atoms with Crippen molar-refractivity contribution in [3.63, 3.8) is 0 Å². The number of anilines is 1. The van der Waals surface area contributed by atoms with Crippen LogP contribution in [0.5, 0.6) is 0 Å². The van der Waals surface area contributed by atoms with Gasteiger partial charge in [0, 0.05) is 10.6 Å². The second-order valence-electron chi connectivity index (χ2n) is 4.87. The lowest BCUT2D eigenvalue weighted by atomic mass is 10.2. The molecule has 0 saturated heterocycles. The van der Waals surface area contributed by atoms with Crippen LogP contribution in [0, 0.1) is 6.92 Å². The Bertz CT molecular complexity index is 895. The predicted octanol–water partition coefficient (Wildman–Crippen LogP) is 2.88. The van der Waals surface area contributed by atoms with Crippen LogP contribution in [0.1, 0.15) is 5.69 Å². The van der Waals surface area contributed by atoms with E-state index in [9.17, 15) is 8.42 Å². The predicted molar refractivity (Wildman–Crippen MR) is 88.3 cm³/mol. The van der Waals surface area contributed by atoms with Crippen LogP contribution in [-0.4, -0.2) is 30.1 Å². The molecule has 0 aliphatic carbocycles. The summed E-state index contributed by atoms with van der Waals surface area (Å²) >= 11 is 1.62. The van der Waals surface area contributed by atoms with Gasteiger partial charge in [0.15, 0.2) is 0 Å². The zero-order valence-electron chi connectivity index (χ0n) is 12.0. The van der Waals surface area contributed by atoms with Gasteiger partial charge in [0.05, 0.1) is 16.8 Å². The second-order valence-corrected chi connectivity index (χ2v) is 7.71. The van der Waals surface area contributed by atoms with Crippen LogP contribution in [0.25, 0.3) is 21.0 Å². The largest absolute Gasteiger partial charge is 0.284 e. The van der Waals surface area contributed by atoms with Crippen LogP contribution in [0.3, 0.4) is 0 Å². The van der Waals surface area contributed by atoms with E-state index in [-0.39, 0.29) is 0 Å². The quantitative estimate of drug-likeness (QED) is 0.768. The van der Waals surface area contributed by atoms with Crippen LogP contribution < -0.4 is 4.72 Å². The number of aromatic amines is 1. The Hall–Kier alpha value is -2.19. The van der Waals surface area contributed by atoms with Crippen molar-refractivity contribution >= 4 is 27.0 Å². The molecule has 2 aromatic heterocycles. The first kappa shape index (κ1) is 14.7. The highest BCUT2D eigenvalue weighted by molar-refractivity contribution is 7.92. The minimum atomic E-state index is -3.25. The van der Waals surface area contributed by atoms with Gasteiger partial charge in [-0.05, 0) is 36.8 Å². The number of hydrogen-bond acceptors (Lipinski definition) is 5. The SMILES string of the molecule is Cc1n[nH]nc1-c1ccc(-c2ccc(NS(C)(=O)=O)cc2)s1. The van der Waals surface area contributed by atoms with Gasteiger partial charge in [0.1, 0.15) is 5.69 Å². The van der Waals surface area contributed by atoms with Gasteiger partial charge >= 0.3 is 0 Å². The number of sulfonamides is 1. The smallest absolute Gasteiger partial charge is 0.229 e. The molecule has 6 nitrogen and oxygen atoms in total. The first-order valence-electron chi connectivity index (χ1n) is 6.48. The number of nitrogens with zero attached hydrogens (tertiary/aromatic N) is 2. The first-order chi connectivity index (χ1) is 10.4. The van der Waals surface area contributed by atoms with Crippen molar-refractivity contribution in [1.29, 1.82) is 0 Å². The highest BCUT2D eigenvalue weighted by Gasteiger charge is 2.10. The number of benzene rings is 1. The number of hydrogen-bond donors (Lipinski definition) is 2. The van der Waals surface area contributed by atoms with Crippen LogP contribution >= 0.6 is 11.3 Å². The Morgan fingerprint density at radius 1 is 1.05 bits per heavy atom. The fraction of sp³-hybridized carbons (Fsp3) is 0.143. The highest BCUT2D eigenvalue weighted by Crippen LogP contribution is 2.34. The lowest BCUT2D eigenvalue weighted by Gasteiger charge is -2.04. The summed E-state index contributed by atoms with van der Waals surface area (Å²) in [6.45, 7) is 1.91. The average Bonchev–Trinajstić information content (AvgIpc) is 3.06. The maximum absolute atomic E-state index is 11.2. The van der Waals surface area contributed by atoms with E-state index in [1.54, 1.807) is 23.5 Å². The molecule has 0 bridgehead atoms. The van der Waals surface area contributed by atoms with Gasteiger partial charge in [-0.3, -0.25) is 4.72 Å². The van der Waals surface area contributed by atoms with Gasteiger partial charge < -0.3 is 0 Å². The number of rotatable bonds is 4. The van der Waals surface area contributed by atoms with Gasteiger partial charge in [-0.2, -0.15) is 15.4 Å². The average molecular weight is 334 g/mol. The van der Waals surface area contributed by atoms with Gasteiger partial charge in [0.2, 0.25) is 10.0 Å². The monoisotopic (exact) mass is 334 g/mol. The summed E-state index contributed by atoms with van der Waals surface area (Å²) in [7, 11) is -3.25. The van der Waals surface area contributed by atoms with E-state index in [0.29, 0.717) is 5.69 Å². The van der Waals surface area contributed by atoms with E-state index < -0.39 is 10.0 Å².